The Labute approximate surface area is 196 Å². The van der Waals surface area contributed by atoms with Gasteiger partial charge in [0.2, 0.25) is 5.91 Å². The minimum Gasteiger partial charge on any atom is -0.352 e. The molecule has 176 valence electrons. The molecular formula is C22H29N7O3S. The highest BCUT2D eigenvalue weighted by molar-refractivity contribution is 7.07. The maximum atomic E-state index is 12.8. The third-order valence-electron chi connectivity index (χ3n) is 4.74. The summed E-state index contributed by atoms with van der Waals surface area (Å²) in [4.78, 5) is 43.6. The minimum absolute atomic E-state index is 0.100. The van der Waals surface area contributed by atoms with E-state index in [4.69, 9.17) is 0 Å². The van der Waals surface area contributed by atoms with Gasteiger partial charge in [0.15, 0.2) is 5.57 Å². The number of carbonyl (C=O) groups excluding carboxylic acids is 2. The highest BCUT2D eigenvalue weighted by atomic mass is 32.1. The summed E-state index contributed by atoms with van der Waals surface area (Å²) in [6, 6.07) is 7.02. The molecule has 0 atom stereocenters. The van der Waals surface area contributed by atoms with E-state index in [9.17, 15) is 19.6 Å². The highest BCUT2D eigenvalue weighted by Crippen LogP contribution is 2.09. The molecule has 0 aromatic carbocycles. The van der Waals surface area contributed by atoms with Crippen molar-refractivity contribution in [2.45, 2.75) is 34.2 Å². The van der Waals surface area contributed by atoms with Gasteiger partial charge in [0, 0.05) is 19.3 Å². The molecule has 0 unspecified atom stereocenters. The molecule has 33 heavy (non-hydrogen) atoms. The number of thiazole rings is 1. The van der Waals surface area contributed by atoms with Gasteiger partial charge in [-0.05, 0) is 39.1 Å². The van der Waals surface area contributed by atoms with Gasteiger partial charge in [-0.3, -0.25) is 23.9 Å². The number of rotatable bonds is 10. The molecule has 2 heterocycles. The Balaban J connectivity index is 2.32. The average Bonchev–Trinajstić information content (AvgIpc) is 3.11. The number of nitriles is 1. The van der Waals surface area contributed by atoms with E-state index in [2.05, 4.69) is 20.9 Å². The molecule has 2 aromatic heterocycles. The zero-order chi connectivity index (χ0) is 24.4. The normalized spacial score (nSPS) is 12.3. The van der Waals surface area contributed by atoms with Crippen LogP contribution in [0.2, 0.25) is 0 Å². The molecular weight excluding hydrogens is 442 g/mol. The van der Waals surface area contributed by atoms with Crippen LogP contribution in [0.5, 0.6) is 0 Å². The van der Waals surface area contributed by atoms with Crippen LogP contribution in [0.1, 0.15) is 27.7 Å². The Kier molecular flexibility index (Phi) is 9.78. The number of pyridine rings is 1. The topological polar surface area (TPSA) is 132 Å². The van der Waals surface area contributed by atoms with Crippen molar-refractivity contribution in [2.24, 2.45) is 0 Å². The quantitative estimate of drug-likeness (QED) is 0.453. The molecule has 2 amide bonds. The molecule has 0 radical (unpaired) electrons. The third-order valence-corrected chi connectivity index (χ3v) is 5.87. The molecule has 0 spiro atoms. The molecule has 3 N–H and O–H groups in total. The summed E-state index contributed by atoms with van der Waals surface area (Å²) in [6.07, 6.45) is 1.49. The Hall–Kier alpha value is -3.49. The number of likely N-dealkylation sites (N-methyl/N-ethyl adjacent to an activating group) is 1. The lowest BCUT2D eigenvalue weighted by Crippen LogP contribution is -2.34. The zero-order valence-corrected chi connectivity index (χ0v) is 20.1. The molecule has 11 heteroatoms. The van der Waals surface area contributed by atoms with E-state index < -0.39 is 5.91 Å². The molecule has 0 saturated carbocycles. The van der Waals surface area contributed by atoms with Crippen molar-refractivity contribution >= 4 is 46.6 Å². The van der Waals surface area contributed by atoms with Crippen molar-refractivity contribution < 1.29 is 9.59 Å². The Bertz CT molecular complexity index is 1210. The number of hydrogen-bond donors (Lipinski definition) is 3. The zero-order valence-electron chi connectivity index (χ0n) is 19.3. The van der Waals surface area contributed by atoms with Crippen molar-refractivity contribution in [1.82, 2.24) is 19.8 Å². The standard InChI is InChI=1S/C22H29N7O3S/c1-5-24-20(31)15(12-23)22-29(8-4)21(32)16(33-22)13-25-17-10-9-11-18(26-17)27-19(30)14-28(6-2)7-3/h9-11,13H,5-8,14H2,1-4H3,(H,24,31)(H2,25,26,27,30). The van der Waals surface area contributed by atoms with E-state index >= 15 is 0 Å². The molecule has 0 saturated heterocycles. The van der Waals surface area contributed by atoms with Crippen LogP contribution in [0.25, 0.3) is 11.8 Å². The smallest absolute Gasteiger partial charge is 0.270 e. The number of aromatic nitrogens is 2. The van der Waals surface area contributed by atoms with Gasteiger partial charge in [-0.15, -0.1) is 11.3 Å². The molecule has 2 rings (SSSR count). The van der Waals surface area contributed by atoms with Crippen molar-refractivity contribution in [3.63, 3.8) is 0 Å². The number of anilines is 2. The number of hydrogen-bond acceptors (Lipinski definition) is 8. The van der Waals surface area contributed by atoms with E-state index in [-0.39, 0.29) is 23.6 Å². The number of nitrogens with one attached hydrogen (secondary N) is 3. The van der Waals surface area contributed by atoms with Gasteiger partial charge >= 0.3 is 0 Å². The van der Waals surface area contributed by atoms with Gasteiger partial charge in [0.1, 0.15) is 26.9 Å². The molecule has 2 aromatic rings. The van der Waals surface area contributed by atoms with Gasteiger partial charge < -0.3 is 16.0 Å². The Morgan fingerprint density at radius 3 is 2.52 bits per heavy atom. The van der Waals surface area contributed by atoms with Crippen LogP contribution in [0.15, 0.2) is 23.0 Å². The number of nitrogens with zero attached hydrogens (tertiary/aromatic N) is 4. The highest BCUT2D eigenvalue weighted by Gasteiger charge is 2.14. The van der Waals surface area contributed by atoms with Crippen LogP contribution in [0.3, 0.4) is 0 Å². The summed E-state index contributed by atoms with van der Waals surface area (Å²) in [5.74, 6) is 0.143. The van der Waals surface area contributed by atoms with Crippen LogP contribution in [-0.4, -0.2) is 52.4 Å². The molecule has 0 aliphatic carbocycles. The largest absolute Gasteiger partial charge is 0.352 e. The molecule has 0 fully saturated rings. The number of amides is 2. The first-order valence-electron chi connectivity index (χ1n) is 10.8. The first-order chi connectivity index (χ1) is 15.9. The van der Waals surface area contributed by atoms with Crippen LogP contribution >= 0.6 is 11.3 Å². The molecule has 10 nitrogen and oxygen atoms in total. The maximum Gasteiger partial charge on any atom is 0.270 e. The van der Waals surface area contributed by atoms with Gasteiger partial charge in [-0.2, -0.15) is 5.26 Å². The van der Waals surface area contributed by atoms with Crippen LogP contribution in [0.4, 0.5) is 11.6 Å². The minimum atomic E-state index is -0.516. The van der Waals surface area contributed by atoms with Crippen LogP contribution in [-0.2, 0) is 16.1 Å². The summed E-state index contributed by atoms with van der Waals surface area (Å²) in [6.45, 7) is 10.0. The molecule has 0 aliphatic rings. The second-order valence-corrected chi connectivity index (χ2v) is 7.90. The first-order valence-corrected chi connectivity index (χ1v) is 11.6. The molecule has 0 aliphatic heterocycles. The van der Waals surface area contributed by atoms with E-state index in [1.54, 1.807) is 32.0 Å². The van der Waals surface area contributed by atoms with Crippen molar-refractivity contribution in [2.75, 3.05) is 36.8 Å². The van der Waals surface area contributed by atoms with E-state index in [1.165, 1.54) is 10.8 Å². The Morgan fingerprint density at radius 2 is 1.91 bits per heavy atom. The summed E-state index contributed by atoms with van der Waals surface area (Å²) in [5.41, 5.74) is -0.415. The maximum absolute atomic E-state index is 12.8. The predicted octanol–water partition coefficient (Wildman–Crippen LogP) is 0.265. The van der Waals surface area contributed by atoms with E-state index in [0.29, 0.717) is 33.9 Å². The summed E-state index contributed by atoms with van der Waals surface area (Å²) < 4.78 is 2.01. The summed E-state index contributed by atoms with van der Waals surface area (Å²) in [5, 5.41) is 17.8. The third kappa shape index (κ3) is 6.74. The van der Waals surface area contributed by atoms with Crippen LogP contribution in [0, 0.1) is 11.3 Å². The monoisotopic (exact) mass is 471 g/mol. The van der Waals surface area contributed by atoms with Gasteiger partial charge in [-0.25, -0.2) is 4.98 Å². The SMILES string of the molecule is CCNC(=O)C(C#N)=c1sc(=CNc2cccc(NC(=O)CN(CC)CC)n2)c(=O)n1CC. The average molecular weight is 472 g/mol. The predicted molar refractivity (Wildman–Crippen MR) is 130 cm³/mol. The van der Waals surface area contributed by atoms with Crippen molar-refractivity contribution in [1.29, 1.82) is 5.26 Å². The van der Waals surface area contributed by atoms with Crippen molar-refractivity contribution in [3.05, 3.63) is 37.7 Å². The van der Waals surface area contributed by atoms with Crippen molar-refractivity contribution in [3.8, 4) is 6.07 Å². The first kappa shape index (κ1) is 25.8. The lowest BCUT2D eigenvalue weighted by atomic mass is 10.3. The lowest BCUT2D eigenvalue weighted by Gasteiger charge is -2.17. The second kappa shape index (κ2) is 12.5. The van der Waals surface area contributed by atoms with E-state index in [1.807, 2.05) is 24.8 Å². The van der Waals surface area contributed by atoms with Crippen LogP contribution < -0.4 is 30.7 Å². The fourth-order valence-electron chi connectivity index (χ4n) is 2.99. The fraction of sp³-hybridized carbons (Fsp3) is 0.409. The molecule has 0 bridgehead atoms. The lowest BCUT2D eigenvalue weighted by molar-refractivity contribution is -0.117. The van der Waals surface area contributed by atoms with Gasteiger partial charge in [0.05, 0.1) is 6.54 Å². The van der Waals surface area contributed by atoms with E-state index in [0.717, 1.165) is 24.4 Å². The van der Waals surface area contributed by atoms with Gasteiger partial charge in [0.25, 0.3) is 11.5 Å². The number of carbonyl (C=O) groups is 2. The second-order valence-electron chi connectivity index (χ2n) is 6.87. The van der Waals surface area contributed by atoms with Gasteiger partial charge in [-0.1, -0.05) is 19.9 Å². The Morgan fingerprint density at radius 1 is 1.21 bits per heavy atom. The summed E-state index contributed by atoms with van der Waals surface area (Å²) in [7, 11) is 0. The summed E-state index contributed by atoms with van der Waals surface area (Å²) >= 11 is 1.05. The fourth-order valence-corrected chi connectivity index (χ4v) is 4.08.